The number of β-amino-alcohol motifs (C(OH)–C–C–N with tert-alkyl or cyclic N) is 1. The van der Waals surface area contributed by atoms with Gasteiger partial charge in [-0.15, -0.1) is 0 Å². The smallest absolute Gasteiger partial charge is 0.236 e. The van der Waals surface area contributed by atoms with Crippen LogP contribution in [0.5, 0.6) is 0 Å². The van der Waals surface area contributed by atoms with Crippen molar-refractivity contribution in [3.8, 4) is 0 Å². The Balaban J connectivity index is 2.95. The van der Waals surface area contributed by atoms with Gasteiger partial charge < -0.3 is 16.2 Å². The van der Waals surface area contributed by atoms with E-state index in [1.807, 2.05) is 6.92 Å². The lowest BCUT2D eigenvalue weighted by molar-refractivity contribution is -0.130. The highest BCUT2D eigenvalue weighted by Crippen LogP contribution is 2.22. The highest BCUT2D eigenvalue weighted by Gasteiger charge is 2.37. The molecule has 4 N–H and O–H groups in total. The maximum Gasteiger partial charge on any atom is 0.236 e. The van der Waals surface area contributed by atoms with Crippen molar-refractivity contribution in [1.82, 2.24) is 9.62 Å². The van der Waals surface area contributed by atoms with Gasteiger partial charge in [0.1, 0.15) is 0 Å². The average Bonchev–Trinajstić information content (AvgIpc) is 2.51. The number of rotatable bonds is 6. The Kier molecular flexibility index (Phi) is 6.97. The minimum absolute atomic E-state index is 0.00908. The lowest BCUT2D eigenvalue weighted by Crippen LogP contribution is -2.51. The molecule has 1 rings (SSSR count). The number of primary amides is 1. The maximum absolute atomic E-state index is 12.5. The summed E-state index contributed by atoms with van der Waals surface area (Å²) in [7, 11) is -3.82. The average molecular weight is 349 g/mol. The van der Waals surface area contributed by atoms with E-state index in [1.165, 1.54) is 0 Å². The second kappa shape index (κ2) is 8.07. The molecule has 1 fully saturated rings. The molecule has 0 radical (unpaired) electrons. The minimum atomic E-state index is -3.82. The number of hydrogen-bond acceptors (Lipinski definition) is 6. The maximum atomic E-state index is 12.5. The van der Waals surface area contributed by atoms with Gasteiger partial charge in [0.25, 0.3) is 0 Å². The Morgan fingerprint density at radius 3 is 2.48 bits per heavy atom. The first kappa shape index (κ1) is 19.9. The molecule has 8 nitrogen and oxygen atoms in total. The second-order valence-corrected chi connectivity index (χ2v) is 8.31. The monoisotopic (exact) mass is 349 g/mol. The molecule has 1 saturated heterocycles. The van der Waals surface area contributed by atoms with Crippen molar-refractivity contribution in [2.24, 2.45) is 11.7 Å². The molecule has 0 aromatic carbocycles. The van der Waals surface area contributed by atoms with E-state index in [1.54, 1.807) is 6.92 Å². The first-order chi connectivity index (χ1) is 10.5. The van der Waals surface area contributed by atoms with Crippen LogP contribution in [-0.4, -0.2) is 60.6 Å². The van der Waals surface area contributed by atoms with Crippen molar-refractivity contribution in [2.75, 3.05) is 12.8 Å². The third-order valence-corrected chi connectivity index (χ3v) is 5.18. The van der Waals surface area contributed by atoms with Gasteiger partial charge in [-0.05, 0) is 25.7 Å². The number of nitrogens with zero attached hydrogens (tertiary/aromatic N) is 1. The van der Waals surface area contributed by atoms with Gasteiger partial charge in [0.15, 0.2) is 0 Å². The fourth-order valence-electron chi connectivity index (χ4n) is 2.87. The normalized spacial score (nSPS) is 27.0. The van der Waals surface area contributed by atoms with E-state index < -0.39 is 34.0 Å². The van der Waals surface area contributed by atoms with Crippen LogP contribution in [0.25, 0.3) is 0 Å². The van der Waals surface area contributed by atoms with Gasteiger partial charge in [-0.3, -0.25) is 9.59 Å². The number of nitrogens with two attached hydrogens (primary N) is 1. The minimum Gasteiger partial charge on any atom is -0.390 e. The Bertz CT molecular complexity index is 537. The number of hydrogen-bond donors (Lipinski definition) is 3. The van der Waals surface area contributed by atoms with Gasteiger partial charge in [-0.1, -0.05) is 6.92 Å². The fraction of sp³-hybridized carbons (Fsp3) is 0.857. The molecule has 0 saturated carbocycles. The molecule has 0 bridgehead atoms. The molecule has 9 heteroatoms. The highest BCUT2D eigenvalue weighted by atomic mass is 32.2. The van der Waals surface area contributed by atoms with E-state index in [9.17, 15) is 23.1 Å². The van der Waals surface area contributed by atoms with Crippen LogP contribution in [0.1, 0.15) is 39.5 Å². The molecule has 1 aliphatic heterocycles. The van der Waals surface area contributed by atoms with Crippen molar-refractivity contribution >= 4 is 21.8 Å². The van der Waals surface area contributed by atoms with Crippen molar-refractivity contribution in [2.45, 2.75) is 57.7 Å². The second-order valence-electron chi connectivity index (χ2n) is 6.45. The van der Waals surface area contributed by atoms with Crippen LogP contribution in [0, 0.1) is 5.92 Å². The number of aliphatic hydroxyl groups excluding tert-OH is 1. The molecule has 2 amide bonds. The first-order valence-electron chi connectivity index (χ1n) is 7.74. The summed E-state index contributed by atoms with van der Waals surface area (Å²) in [5, 5.41) is 13.3. The van der Waals surface area contributed by atoms with E-state index >= 15 is 0 Å². The largest absolute Gasteiger partial charge is 0.390 e. The predicted octanol–water partition coefficient (Wildman–Crippen LogP) is -0.822. The van der Waals surface area contributed by atoms with E-state index in [-0.39, 0.29) is 31.3 Å². The van der Waals surface area contributed by atoms with Crippen molar-refractivity contribution in [3.63, 3.8) is 0 Å². The Morgan fingerprint density at radius 2 is 1.96 bits per heavy atom. The molecular weight excluding hydrogens is 322 g/mol. The molecule has 0 aromatic heterocycles. The Morgan fingerprint density at radius 1 is 1.35 bits per heavy atom. The number of carbonyl (C=O) groups is 2. The van der Waals surface area contributed by atoms with E-state index in [0.717, 1.165) is 10.6 Å². The van der Waals surface area contributed by atoms with Crippen LogP contribution in [0.2, 0.25) is 0 Å². The van der Waals surface area contributed by atoms with E-state index in [0.29, 0.717) is 12.8 Å². The number of nitrogens with one attached hydrogen (secondary N) is 1. The zero-order valence-corrected chi connectivity index (χ0v) is 14.7. The molecule has 0 aromatic rings. The molecular formula is C14H27N3O5S. The van der Waals surface area contributed by atoms with Crippen molar-refractivity contribution < 1.29 is 23.1 Å². The van der Waals surface area contributed by atoms with Crippen molar-refractivity contribution in [1.29, 1.82) is 0 Å². The summed E-state index contributed by atoms with van der Waals surface area (Å²) < 4.78 is 25.0. The van der Waals surface area contributed by atoms with Crippen LogP contribution < -0.4 is 11.1 Å². The molecule has 4 atom stereocenters. The molecule has 1 heterocycles. The summed E-state index contributed by atoms with van der Waals surface area (Å²) >= 11 is 0. The molecule has 3 unspecified atom stereocenters. The van der Waals surface area contributed by atoms with Gasteiger partial charge in [-0.25, -0.2) is 12.7 Å². The summed E-state index contributed by atoms with van der Waals surface area (Å²) in [6.45, 7) is 3.83. The Hall–Kier alpha value is -1.19. The summed E-state index contributed by atoms with van der Waals surface area (Å²) in [5.74, 6) is -1.51. The van der Waals surface area contributed by atoms with E-state index in [4.69, 9.17) is 5.73 Å². The quantitative estimate of drug-likeness (QED) is 0.574. The standard InChI is InChI=1S/C14H27N3O5S/c1-9(6-13(15)19)7-14(20)17(23(3,21)22)11-5-4-10(2)16-8-12(11)18/h9-12,16,18H,4-8H2,1-3H3,(H2,15,19)/t9-,10?,11?,12?/m0/s1. The summed E-state index contributed by atoms with van der Waals surface area (Å²) in [5.41, 5.74) is 5.10. The zero-order valence-electron chi connectivity index (χ0n) is 13.9. The van der Waals surface area contributed by atoms with E-state index in [2.05, 4.69) is 5.32 Å². The highest BCUT2D eigenvalue weighted by molar-refractivity contribution is 7.88. The summed E-state index contributed by atoms with van der Waals surface area (Å²) in [4.78, 5) is 23.4. The van der Waals surface area contributed by atoms with Gasteiger partial charge in [0.05, 0.1) is 18.4 Å². The SMILES string of the molecule is CC1CCC(N(C(=O)C[C@@H](C)CC(N)=O)S(C)(=O)=O)C(O)CN1. The molecule has 1 aliphatic rings. The third-order valence-electron chi connectivity index (χ3n) is 3.99. The summed E-state index contributed by atoms with van der Waals surface area (Å²) in [6.07, 6.45) is 0.927. The van der Waals surface area contributed by atoms with Gasteiger partial charge in [-0.2, -0.15) is 0 Å². The van der Waals surface area contributed by atoms with Crippen LogP contribution in [0.3, 0.4) is 0 Å². The predicted molar refractivity (Wildman–Crippen MR) is 85.8 cm³/mol. The molecule has 23 heavy (non-hydrogen) atoms. The van der Waals surface area contributed by atoms with Gasteiger partial charge >= 0.3 is 0 Å². The topological polar surface area (TPSA) is 130 Å². The van der Waals surface area contributed by atoms with Crippen LogP contribution in [0.4, 0.5) is 0 Å². The molecule has 134 valence electrons. The first-order valence-corrected chi connectivity index (χ1v) is 9.59. The van der Waals surface area contributed by atoms with Gasteiger partial charge in [0.2, 0.25) is 21.8 Å². The van der Waals surface area contributed by atoms with Gasteiger partial charge in [0, 0.05) is 25.4 Å². The van der Waals surface area contributed by atoms with Crippen LogP contribution in [0.15, 0.2) is 0 Å². The fourth-order valence-corrected chi connectivity index (χ4v) is 4.05. The molecule has 0 aliphatic carbocycles. The zero-order chi connectivity index (χ0) is 17.8. The van der Waals surface area contributed by atoms with Crippen LogP contribution in [-0.2, 0) is 19.6 Å². The van der Waals surface area contributed by atoms with Crippen LogP contribution >= 0.6 is 0 Å². The third kappa shape index (κ3) is 6.08. The lowest BCUT2D eigenvalue weighted by Gasteiger charge is -2.32. The Labute approximate surface area is 137 Å². The number of amides is 2. The number of sulfonamides is 1. The lowest BCUT2D eigenvalue weighted by atomic mass is 10.0. The number of carbonyl (C=O) groups excluding carboxylic acids is 2. The van der Waals surface area contributed by atoms with Crippen molar-refractivity contribution in [3.05, 3.63) is 0 Å². The summed E-state index contributed by atoms with van der Waals surface area (Å²) in [6, 6.07) is -0.657. The number of aliphatic hydroxyl groups is 1. The molecule has 0 spiro atoms.